The number of nitrogens with zero attached hydrogens (tertiary/aromatic N) is 2. The Morgan fingerprint density at radius 3 is 2.48 bits per heavy atom. The minimum absolute atomic E-state index is 0.112. The summed E-state index contributed by atoms with van der Waals surface area (Å²) in [5, 5.41) is 3.16. The number of benzene rings is 2. The van der Waals surface area contributed by atoms with Gasteiger partial charge in [-0.1, -0.05) is 24.3 Å². The molecular weight excluding hydrogens is 418 g/mol. The first-order chi connectivity index (χ1) is 15.1. The van der Waals surface area contributed by atoms with E-state index < -0.39 is 6.10 Å². The van der Waals surface area contributed by atoms with E-state index in [1.807, 2.05) is 12.1 Å². The summed E-state index contributed by atoms with van der Waals surface area (Å²) >= 11 is 1.29. The van der Waals surface area contributed by atoms with E-state index in [0.29, 0.717) is 34.2 Å². The van der Waals surface area contributed by atoms with Gasteiger partial charge in [0.1, 0.15) is 6.61 Å². The Bertz CT molecular complexity index is 1160. The Morgan fingerprint density at radius 2 is 1.74 bits per heavy atom. The topological polar surface area (TPSA) is 97.8 Å². The summed E-state index contributed by atoms with van der Waals surface area (Å²) in [5.41, 5.74) is 0.863. The second kappa shape index (κ2) is 7.84. The Hall–Kier alpha value is -3.72. The van der Waals surface area contributed by atoms with E-state index in [4.69, 9.17) is 9.47 Å². The van der Waals surface area contributed by atoms with Crippen LogP contribution < -0.4 is 14.8 Å². The van der Waals surface area contributed by atoms with Gasteiger partial charge in [-0.15, -0.1) is 11.3 Å². The van der Waals surface area contributed by atoms with Crippen LogP contribution in [0.2, 0.25) is 0 Å². The first-order valence-corrected chi connectivity index (χ1v) is 10.5. The molecule has 2 aromatic carbocycles. The fraction of sp³-hybridized carbons (Fsp3) is 0.182. The Kier molecular flexibility index (Phi) is 4.87. The minimum atomic E-state index is -0.777. The number of carbonyl (C=O) groups excluding carboxylic acids is 3. The van der Waals surface area contributed by atoms with Gasteiger partial charge in [-0.3, -0.25) is 24.6 Å². The molecule has 1 atom stereocenters. The Morgan fingerprint density at radius 1 is 1.06 bits per heavy atom. The van der Waals surface area contributed by atoms with E-state index >= 15 is 0 Å². The number of anilines is 1. The van der Waals surface area contributed by atoms with Crippen molar-refractivity contribution in [2.45, 2.75) is 12.5 Å². The van der Waals surface area contributed by atoms with Gasteiger partial charge in [0.25, 0.3) is 17.7 Å². The fourth-order valence-corrected chi connectivity index (χ4v) is 4.28. The van der Waals surface area contributed by atoms with E-state index in [9.17, 15) is 14.4 Å². The number of rotatable bonds is 5. The fourth-order valence-electron chi connectivity index (χ4n) is 3.48. The maximum absolute atomic E-state index is 12.5. The highest BCUT2D eigenvalue weighted by Crippen LogP contribution is 2.31. The highest BCUT2D eigenvalue weighted by Gasteiger charge is 2.34. The summed E-state index contributed by atoms with van der Waals surface area (Å²) in [6, 6.07) is 14.0. The normalized spacial score (nSPS) is 16.9. The number of imide groups is 1. The molecule has 3 heterocycles. The molecule has 156 valence electrons. The van der Waals surface area contributed by atoms with Crippen LogP contribution in [0, 0.1) is 0 Å². The zero-order chi connectivity index (χ0) is 21.4. The second-order valence-corrected chi connectivity index (χ2v) is 8.16. The molecule has 0 spiro atoms. The number of nitrogens with one attached hydrogen (secondary N) is 1. The summed E-state index contributed by atoms with van der Waals surface area (Å²) < 4.78 is 11.3. The molecule has 31 heavy (non-hydrogen) atoms. The first kappa shape index (κ1) is 19.3. The number of carbonyl (C=O) groups is 3. The summed E-state index contributed by atoms with van der Waals surface area (Å²) in [4.78, 5) is 43.7. The number of hydrogen-bond donors (Lipinski definition) is 1. The predicted octanol–water partition coefficient (Wildman–Crippen LogP) is 2.76. The van der Waals surface area contributed by atoms with Crippen LogP contribution in [0.15, 0.2) is 54.7 Å². The van der Waals surface area contributed by atoms with Crippen molar-refractivity contribution in [2.24, 2.45) is 0 Å². The van der Waals surface area contributed by atoms with Crippen LogP contribution in [0.5, 0.6) is 11.5 Å². The standard InChI is InChI=1S/C22H17N3O5S/c26-19(18-12-29-16-7-3-4-8-17(16)30-18)24-22-23-11-13(31-22)9-10-25-20(27)14-5-1-2-6-15(14)21(25)28/h1-8,11,18H,9-10,12H2,(H,23,24,26). The smallest absolute Gasteiger partial charge is 0.270 e. The molecule has 0 aliphatic carbocycles. The van der Waals surface area contributed by atoms with E-state index in [-0.39, 0.29) is 30.9 Å². The number of ether oxygens (including phenoxy) is 2. The van der Waals surface area contributed by atoms with Crippen molar-refractivity contribution in [1.82, 2.24) is 9.88 Å². The van der Waals surface area contributed by atoms with Crippen LogP contribution >= 0.6 is 11.3 Å². The van der Waals surface area contributed by atoms with Gasteiger partial charge in [-0.2, -0.15) is 0 Å². The van der Waals surface area contributed by atoms with Crippen molar-refractivity contribution in [3.05, 3.63) is 70.7 Å². The van der Waals surface area contributed by atoms with Crippen LogP contribution in [0.3, 0.4) is 0 Å². The molecule has 0 radical (unpaired) electrons. The molecule has 1 aromatic heterocycles. The highest BCUT2D eigenvalue weighted by molar-refractivity contribution is 7.15. The zero-order valence-corrected chi connectivity index (χ0v) is 17.1. The molecule has 0 saturated carbocycles. The van der Waals surface area contributed by atoms with Crippen LogP contribution in [-0.2, 0) is 11.2 Å². The Balaban J connectivity index is 1.18. The van der Waals surface area contributed by atoms with E-state index in [1.54, 1.807) is 42.6 Å². The third-order valence-corrected chi connectivity index (χ3v) is 6.02. The van der Waals surface area contributed by atoms with Gasteiger partial charge in [0.15, 0.2) is 16.6 Å². The van der Waals surface area contributed by atoms with Crippen molar-refractivity contribution < 1.29 is 23.9 Å². The lowest BCUT2D eigenvalue weighted by Crippen LogP contribution is -2.40. The van der Waals surface area contributed by atoms with Crippen molar-refractivity contribution in [2.75, 3.05) is 18.5 Å². The molecule has 0 fully saturated rings. The zero-order valence-electron chi connectivity index (χ0n) is 16.2. The van der Waals surface area contributed by atoms with Crippen molar-refractivity contribution >= 4 is 34.2 Å². The summed E-state index contributed by atoms with van der Waals surface area (Å²) in [6.07, 6.45) is 1.31. The quantitative estimate of drug-likeness (QED) is 0.619. The van der Waals surface area contributed by atoms with Gasteiger partial charge in [-0.25, -0.2) is 4.98 Å². The van der Waals surface area contributed by atoms with E-state index in [2.05, 4.69) is 10.3 Å². The number of hydrogen-bond acceptors (Lipinski definition) is 7. The molecule has 8 nitrogen and oxygen atoms in total. The van der Waals surface area contributed by atoms with Crippen LogP contribution in [0.25, 0.3) is 0 Å². The lowest BCUT2D eigenvalue weighted by Gasteiger charge is -2.25. The summed E-state index contributed by atoms with van der Waals surface area (Å²) in [7, 11) is 0. The maximum atomic E-state index is 12.5. The molecule has 3 aromatic rings. The van der Waals surface area contributed by atoms with Gasteiger partial charge >= 0.3 is 0 Å². The molecule has 0 bridgehead atoms. The molecule has 1 N–H and O–H groups in total. The number of fused-ring (bicyclic) bond motifs is 2. The van der Waals surface area contributed by atoms with Gasteiger partial charge in [0.2, 0.25) is 6.10 Å². The SMILES string of the molecule is O=C(Nc1ncc(CCN2C(=O)c3ccccc3C2=O)s1)C1COc2ccccc2O1. The third kappa shape index (κ3) is 3.64. The largest absolute Gasteiger partial charge is 0.485 e. The van der Waals surface area contributed by atoms with Crippen LogP contribution in [-0.4, -0.2) is 46.9 Å². The average Bonchev–Trinajstić information content (AvgIpc) is 3.34. The summed E-state index contributed by atoms with van der Waals surface area (Å²) in [6.45, 7) is 0.360. The second-order valence-electron chi connectivity index (χ2n) is 7.04. The lowest BCUT2D eigenvalue weighted by molar-refractivity contribution is -0.125. The first-order valence-electron chi connectivity index (χ1n) is 9.69. The third-order valence-electron chi connectivity index (χ3n) is 5.04. The molecule has 2 aliphatic heterocycles. The van der Waals surface area contributed by atoms with Gasteiger partial charge < -0.3 is 9.47 Å². The molecule has 2 aliphatic rings. The average molecular weight is 435 g/mol. The monoisotopic (exact) mass is 435 g/mol. The van der Waals surface area contributed by atoms with Crippen molar-refractivity contribution in [1.29, 1.82) is 0 Å². The van der Waals surface area contributed by atoms with Gasteiger partial charge in [0.05, 0.1) is 11.1 Å². The van der Waals surface area contributed by atoms with Gasteiger partial charge in [-0.05, 0) is 24.3 Å². The van der Waals surface area contributed by atoms with Crippen molar-refractivity contribution in [3.8, 4) is 11.5 Å². The molecule has 1 unspecified atom stereocenters. The van der Waals surface area contributed by atoms with Crippen LogP contribution in [0.4, 0.5) is 5.13 Å². The lowest BCUT2D eigenvalue weighted by atomic mass is 10.1. The molecular formula is C22H17N3O5S. The van der Waals surface area contributed by atoms with Crippen LogP contribution in [0.1, 0.15) is 25.6 Å². The van der Waals surface area contributed by atoms with E-state index in [1.165, 1.54) is 16.2 Å². The molecule has 3 amide bonds. The highest BCUT2D eigenvalue weighted by atomic mass is 32.1. The molecule has 9 heteroatoms. The number of para-hydroxylation sites is 2. The number of thiazole rings is 1. The molecule has 0 saturated heterocycles. The van der Waals surface area contributed by atoms with Gasteiger partial charge in [0, 0.05) is 24.0 Å². The predicted molar refractivity (Wildman–Crippen MR) is 113 cm³/mol. The Labute approximate surface area is 181 Å². The van der Waals surface area contributed by atoms with Crippen molar-refractivity contribution in [3.63, 3.8) is 0 Å². The summed E-state index contributed by atoms with van der Waals surface area (Å²) in [5.74, 6) is 0.211. The number of aromatic nitrogens is 1. The molecule has 5 rings (SSSR count). The maximum Gasteiger partial charge on any atom is 0.270 e. The number of amides is 3. The minimum Gasteiger partial charge on any atom is -0.485 e. The van der Waals surface area contributed by atoms with E-state index in [0.717, 1.165) is 4.88 Å².